The smallest absolute Gasteiger partial charge is 0.335 e. The molecule has 1 aromatic heterocycles. The molecular formula is C15H12N2O3. The minimum Gasteiger partial charge on any atom is -0.478 e. The third-order valence-electron chi connectivity index (χ3n) is 2.74. The van der Waals surface area contributed by atoms with E-state index in [0.717, 1.165) is 11.3 Å². The molecule has 1 N–H and O–H groups in total. The predicted octanol–water partition coefficient (Wildman–Crippen LogP) is 3.06. The fourth-order valence-electron chi connectivity index (χ4n) is 1.79. The third-order valence-corrected chi connectivity index (χ3v) is 2.74. The number of ether oxygens (including phenoxy) is 1. The summed E-state index contributed by atoms with van der Waals surface area (Å²) in [4.78, 5) is 15.0. The zero-order valence-corrected chi connectivity index (χ0v) is 11.0. The van der Waals surface area contributed by atoms with E-state index < -0.39 is 5.97 Å². The summed E-state index contributed by atoms with van der Waals surface area (Å²) in [5, 5.41) is 18.0. The lowest BCUT2D eigenvalue weighted by molar-refractivity contribution is 0.0697. The number of aryl methyl sites for hydroxylation is 2. The van der Waals surface area contributed by atoms with Gasteiger partial charge < -0.3 is 9.84 Å². The molecular weight excluding hydrogens is 256 g/mol. The molecule has 0 saturated carbocycles. The van der Waals surface area contributed by atoms with Crippen molar-refractivity contribution >= 4 is 5.97 Å². The summed E-state index contributed by atoms with van der Waals surface area (Å²) in [6.45, 7) is 3.63. The van der Waals surface area contributed by atoms with Crippen LogP contribution in [0, 0.1) is 25.2 Å². The first-order chi connectivity index (χ1) is 9.51. The second-order valence-corrected chi connectivity index (χ2v) is 4.30. The Balaban J connectivity index is 2.35. The van der Waals surface area contributed by atoms with Crippen molar-refractivity contribution in [2.45, 2.75) is 13.8 Å². The maximum atomic E-state index is 10.8. The normalized spacial score (nSPS) is 9.85. The standard InChI is InChI=1S/C15H12N2O3/c1-9-7-10(2)17-14(13(9)8-16)20-12-5-3-11(4-6-12)15(18)19/h3-7H,1-2H3,(H,18,19). The lowest BCUT2D eigenvalue weighted by Crippen LogP contribution is -1.98. The van der Waals surface area contributed by atoms with Gasteiger partial charge in [0.05, 0.1) is 5.56 Å². The van der Waals surface area contributed by atoms with E-state index in [2.05, 4.69) is 11.1 Å². The summed E-state index contributed by atoms with van der Waals surface area (Å²) in [6, 6.07) is 9.80. The molecule has 0 unspecified atom stereocenters. The van der Waals surface area contributed by atoms with Gasteiger partial charge in [0, 0.05) is 5.69 Å². The number of pyridine rings is 1. The molecule has 0 saturated heterocycles. The van der Waals surface area contributed by atoms with Crippen LogP contribution in [0.15, 0.2) is 30.3 Å². The van der Waals surface area contributed by atoms with Gasteiger partial charge >= 0.3 is 5.97 Å². The molecule has 0 aliphatic rings. The number of carboxylic acid groups (broad SMARTS) is 1. The van der Waals surface area contributed by atoms with E-state index in [4.69, 9.17) is 15.1 Å². The Hall–Kier alpha value is -2.87. The van der Waals surface area contributed by atoms with Crippen LogP contribution < -0.4 is 4.74 Å². The molecule has 0 aliphatic carbocycles. The van der Waals surface area contributed by atoms with E-state index in [1.807, 2.05) is 13.8 Å². The SMILES string of the molecule is Cc1cc(C)c(C#N)c(Oc2ccc(C(=O)O)cc2)n1. The third kappa shape index (κ3) is 2.75. The molecule has 1 heterocycles. The van der Waals surface area contributed by atoms with Gasteiger partial charge in [-0.05, 0) is 49.7 Å². The molecule has 2 aromatic rings. The van der Waals surface area contributed by atoms with Crippen molar-refractivity contribution in [3.8, 4) is 17.7 Å². The number of carboxylic acids is 1. The number of aromatic nitrogens is 1. The van der Waals surface area contributed by atoms with Crippen molar-refractivity contribution in [3.05, 3.63) is 52.7 Å². The van der Waals surface area contributed by atoms with Crippen LogP contribution in [0.2, 0.25) is 0 Å². The van der Waals surface area contributed by atoms with Gasteiger partial charge in [-0.2, -0.15) is 5.26 Å². The second-order valence-electron chi connectivity index (χ2n) is 4.30. The van der Waals surface area contributed by atoms with Gasteiger partial charge in [-0.25, -0.2) is 9.78 Å². The zero-order chi connectivity index (χ0) is 14.7. The maximum Gasteiger partial charge on any atom is 0.335 e. The molecule has 20 heavy (non-hydrogen) atoms. The first kappa shape index (κ1) is 13.6. The minimum atomic E-state index is -1.00. The average molecular weight is 268 g/mol. The summed E-state index contributed by atoms with van der Waals surface area (Å²) >= 11 is 0. The number of nitrogens with zero attached hydrogens (tertiary/aromatic N) is 2. The zero-order valence-electron chi connectivity index (χ0n) is 11.0. The topological polar surface area (TPSA) is 83.2 Å². The monoisotopic (exact) mass is 268 g/mol. The highest BCUT2D eigenvalue weighted by molar-refractivity contribution is 5.87. The lowest BCUT2D eigenvalue weighted by atomic mass is 10.1. The molecule has 0 spiro atoms. The van der Waals surface area contributed by atoms with Crippen molar-refractivity contribution in [1.82, 2.24) is 4.98 Å². The number of hydrogen-bond acceptors (Lipinski definition) is 4. The van der Waals surface area contributed by atoms with Gasteiger partial charge in [-0.3, -0.25) is 0 Å². The van der Waals surface area contributed by atoms with Crippen LogP contribution in [-0.4, -0.2) is 16.1 Å². The molecule has 0 amide bonds. The van der Waals surface area contributed by atoms with Crippen molar-refractivity contribution < 1.29 is 14.6 Å². The molecule has 100 valence electrons. The highest BCUT2D eigenvalue weighted by atomic mass is 16.5. The first-order valence-electron chi connectivity index (χ1n) is 5.91. The van der Waals surface area contributed by atoms with Crippen LogP contribution >= 0.6 is 0 Å². The van der Waals surface area contributed by atoms with Gasteiger partial charge in [-0.15, -0.1) is 0 Å². The second kappa shape index (κ2) is 5.41. The molecule has 5 heteroatoms. The van der Waals surface area contributed by atoms with Gasteiger partial charge in [0.2, 0.25) is 5.88 Å². The van der Waals surface area contributed by atoms with Crippen molar-refractivity contribution in [2.75, 3.05) is 0 Å². The number of carbonyl (C=O) groups is 1. The number of rotatable bonds is 3. The summed E-state index contributed by atoms with van der Waals surface area (Å²) in [6.07, 6.45) is 0. The van der Waals surface area contributed by atoms with Gasteiger partial charge in [0.1, 0.15) is 17.4 Å². The van der Waals surface area contributed by atoms with Gasteiger partial charge in [0.25, 0.3) is 0 Å². The van der Waals surface area contributed by atoms with Gasteiger partial charge in [0.15, 0.2) is 0 Å². The summed E-state index contributed by atoms with van der Waals surface area (Å²) in [5.74, 6) is -0.337. The van der Waals surface area contributed by atoms with E-state index in [1.165, 1.54) is 24.3 Å². The molecule has 0 bridgehead atoms. The summed E-state index contributed by atoms with van der Waals surface area (Å²) < 4.78 is 5.57. The largest absolute Gasteiger partial charge is 0.478 e. The van der Waals surface area contributed by atoms with Crippen LogP contribution in [0.5, 0.6) is 11.6 Å². The fourth-order valence-corrected chi connectivity index (χ4v) is 1.79. The molecule has 2 rings (SSSR count). The summed E-state index contributed by atoms with van der Waals surface area (Å²) in [5.41, 5.74) is 2.08. The molecule has 1 aromatic carbocycles. The summed E-state index contributed by atoms with van der Waals surface area (Å²) in [7, 11) is 0. The van der Waals surface area contributed by atoms with Crippen LogP contribution in [0.4, 0.5) is 0 Å². The number of aromatic carboxylic acids is 1. The average Bonchev–Trinajstić information content (AvgIpc) is 2.39. The number of nitriles is 1. The quantitative estimate of drug-likeness (QED) is 0.924. The van der Waals surface area contributed by atoms with Crippen molar-refractivity contribution in [3.63, 3.8) is 0 Å². The van der Waals surface area contributed by atoms with E-state index in [1.54, 1.807) is 6.07 Å². The van der Waals surface area contributed by atoms with E-state index in [-0.39, 0.29) is 11.4 Å². The molecule has 0 fully saturated rings. The Bertz CT molecular complexity index is 700. The lowest BCUT2D eigenvalue weighted by Gasteiger charge is -2.09. The molecule has 5 nitrogen and oxygen atoms in total. The van der Waals surface area contributed by atoms with Crippen LogP contribution in [0.1, 0.15) is 27.2 Å². The Kier molecular flexibility index (Phi) is 3.67. The van der Waals surface area contributed by atoms with Gasteiger partial charge in [-0.1, -0.05) is 0 Å². The van der Waals surface area contributed by atoms with E-state index >= 15 is 0 Å². The Morgan fingerprint density at radius 2 is 1.95 bits per heavy atom. The predicted molar refractivity (Wildman–Crippen MR) is 71.9 cm³/mol. The number of hydrogen-bond donors (Lipinski definition) is 1. The Labute approximate surface area is 116 Å². The Morgan fingerprint density at radius 3 is 2.50 bits per heavy atom. The van der Waals surface area contributed by atoms with Crippen molar-refractivity contribution in [2.24, 2.45) is 0 Å². The highest BCUT2D eigenvalue weighted by Crippen LogP contribution is 2.25. The van der Waals surface area contributed by atoms with Crippen molar-refractivity contribution in [1.29, 1.82) is 5.26 Å². The van der Waals surface area contributed by atoms with E-state index in [9.17, 15) is 4.79 Å². The molecule has 0 aliphatic heterocycles. The maximum absolute atomic E-state index is 10.8. The molecule has 0 atom stereocenters. The number of benzene rings is 1. The fraction of sp³-hybridized carbons (Fsp3) is 0.133. The van der Waals surface area contributed by atoms with Crippen LogP contribution in [0.25, 0.3) is 0 Å². The highest BCUT2D eigenvalue weighted by Gasteiger charge is 2.11. The van der Waals surface area contributed by atoms with E-state index in [0.29, 0.717) is 11.3 Å². The van der Waals surface area contributed by atoms with Crippen LogP contribution in [-0.2, 0) is 0 Å². The minimum absolute atomic E-state index is 0.172. The molecule has 0 radical (unpaired) electrons. The Morgan fingerprint density at radius 1 is 1.30 bits per heavy atom. The van der Waals surface area contributed by atoms with Crippen LogP contribution in [0.3, 0.4) is 0 Å². The first-order valence-corrected chi connectivity index (χ1v) is 5.91.